The van der Waals surface area contributed by atoms with Crippen molar-refractivity contribution >= 4 is 38.1 Å². The smallest absolute Gasteiger partial charge is 0.434 e. The van der Waals surface area contributed by atoms with Gasteiger partial charge in [0.1, 0.15) is 22.9 Å². The first-order valence-corrected chi connectivity index (χ1v) is 17.0. The maximum absolute atomic E-state index is 13.9. The molecule has 1 spiro atoms. The molecule has 0 unspecified atom stereocenters. The molecular weight excluding hydrogens is 661 g/mol. The Labute approximate surface area is 271 Å². The summed E-state index contributed by atoms with van der Waals surface area (Å²) in [5.74, 6) is -0.670. The van der Waals surface area contributed by atoms with Crippen LogP contribution >= 0.6 is 0 Å². The molecule has 1 aliphatic heterocycles. The summed E-state index contributed by atoms with van der Waals surface area (Å²) in [5, 5.41) is 4.33. The lowest BCUT2D eigenvalue weighted by atomic mass is 9.63. The first-order chi connectivity index (χ1) is 22.7. The second kappa shape index (κ2) is 11.5. The number of aromatic nitrogens is 3. The molecule has 1 amide bonds. The average molecular weight is 690 g/mol. The molecule has 3 aromatic heterocycles. The van der Waals surface area contributed by atoms with Crippen LogP contribution in [0, 0.1) is 5.41 Å². The van der Waals surface area contributed by atoms with Crippen molar-refractivity contribution in [2.24, 2.45) is 5.41 Å². The molecule has 48 heavy (non-hydrogen) atoms. The minimum absolute atomic E-state index is 0.114. The van der Waals surface area contributed by atoms with Crippen molar-refractivity contribution in [3.8, 4) is 17.0 Å². The van der Waals surface area contributed by atoms with E-state index in [-0.39, 0.29) is 39.2 Å². The number of ether oxygens (including phenoxy) is 1. The highest BCUT2D eigenvalue weighted by Crippen LogP contribution is 2.56. The highest BCUT2D eigenvalue weighted by molar-refractivity contribution is 7.89. The minimum Gasteiger partial charge on any atom is -0.434 e. The number of carbonyl (C=O) groups excluding carboxylic acids is 1. The van der Waals surface area contributed by atoms with Gasteiger partial charge in [-0.3, -0.25) is 9.78 Å². The van der Waals surface area contributed by atoms with Gasteiger partial charge in [0.05, 0.1) is 11.8 Å². The van der Waals surface area contributed by atoms with E-state index >= 15 is 0 Å². The van der Waals surface area contributed by atoms with Gasteiger partial charge in [-0.1, -0.05) is 11.2 Å². The SMILES string of the molecule is CS(=O)(=O)NC(=O)c1cc(OC(F)F)c2cc(N3CCC4(C=C(c5c(-c6cccnc6C(F)(F)F)noc5C5CC5)C4)CC3)ccc2n1. The van der Waals surface area contributed by atoms with Gasteiger partial charge in [0.25, 0.3) is 5.91 Å². The Hall–Kier alpha value is -4.60. The van der Waals surface area contributed by atoms with E-state index in [2.05, 4.69) is 30.8 Å². The number of anilines is 1. The number of halogens is 5. The second-order valence-electron chi connectivity index (χ2n) is 12.4. The molecule has 1 saturated carbocycles. The fraction of sp³-hybridized carbons (Fsp3) is 0.375. The van der Waals surface area contributed by atoms with E-state index in [4.69, 9.17) is 4.52 Å². The molecule has 2 fully saturated rings. The van der Waals surface area contributed by atoms with Crippen LogP contribution in [0.4, 0.5) is 27.6 Å². The second-order valence-corrected chi connectivity index (χ2v) is 14.2. The first-order valence-electron chi connectivity index (χ1n) is 15.1. The molecule has 1 saturated heterocycles. The van der Waals surface area contributed by atoms with Gasteiger partial charge in [0.15, 0.2) is 5.69 Å². The van der Waals surface area contributed by atoms with Crippen molar-refractivity contribution in [2.45, 2.75) is 50.8 Å². The molecule has 4 heterocycles. The molecule has 2 aliphatic carbocycles. The Morgan fingerprint density at radius 2 is 1.88 bits per heavy atom. The van der Waals surface area contributed by atoms with Gasteiger partial charge >= 0.3 is 12.8 Å². The number of rotatable bonds is 8. The van der Waals surface area contributed by atoms with E-state index in [9.17, 15) is 35.2 Å². The van der Waals surface area contributed by atoms with Gasteiger partial charge in [0.2, 0.25) is 10.0 Å². The lowest BCUT2D eigenvalue weighted by Gasteiger charge is -2.47. The average Bonchev–Trinajstić information content (AvgIpc) is 3.76. The van der Waals surface area contributed by atoms with Crippen LogP contribution < -0.4 is 14.4 Å². The number of alkyl halides is 5. The van der Waals surface area contributed by atoms with Crippen molar-refractivity contribution < 1.29 is 44.4 Å². The van der Waals surface area contributed by atoms with Gasteiger partial charge in [-0.2, -0.15) is 22.0 Å². The van der Waals surface area contributed by atoms with Crippen LogP contribution in [-0.2, 0) is 16.2 Å². The molecule has 3 aliphatic rings. The highest BCUT2D eigenvalue weighted by Gasteiger charge is 2.45. The number of hydrogen-bond donors (Lipinski definition) is 1. The van der Waals surface area contributed by atoms with Gasteiger partial charge in [-0.25, -0.2) is 18.1 Å². The zero-order chi connectivity index (χ0) is 34.0. The Morgan fingerprint density at radius 3 is 2.52 bits per heavy atom. The molecule has 0 bridgehead atoms. The maximum atomic E-state index is 13.9. The van der Waals surface area contributed by atoms with Gasteiger partial charge in [-0.15, -0.1) is 0 Å². The van der Waals surface area contributed by atoms with Gasteiger partial charge in [0, 0.05) is 53.5 Å². The Kier molecular flexibility index (Phi) is 7.68. The molecular formula is C32H28F5N5O5S. The molecule has 0 atom stereocenters. The number of carbonyl (C=O) groups is 1. The van der Waals surface area contributed by atoms with Crippen LogP contribution in [0.3, 0.4) is 0 Å². The van der Waals surface area contributed by atoms with E-state index in [1.165, 1.54) is 12.1 Å². The number of nitrogens with one attached hydrogen (secondary N) is 1. The van der Waals surface area contributed by atoms with Crippen LogP contribution in [-0.4, -0.2) is 55.4 Å². The van der Waals surface area contributed by atoms with E-state index in [0.29, 0.717) is 36.5 Å². The predicted molar refractivity (Wildman–Crippen MR) is 164 cm³/mol. The zero-order valence-electron chi connectivity index (χ0n) is 25.4. The molecule has 10 nitrogen and oxygen atoms in total. The predicted octanol–water partition coefficient (Wildman–Crippen LogP) is 6.55. The fourth-order valence-electron chi connectivity index (χ4n) is 6.57. The van der Waals surface area contributed by atoms with Crippen molar-refractivity contribution in [3.05, 3.63) is 71.4 Å². The Bertz CT molecular complexity index is 2070. The van der Waals surface area contributed by atoms with Crippen molar-refractivity contribution in [3.63, 3.8) is 0 Å². The molecule has 16 heteroatoms. The summed E-state index contributed by atoms with van der Waals surface area (Å²) in [5.41, 5.74) is 0.858. The summed E-state index contributed by atoms with van der Waals surface area (Å²) >= 11 is 0. The molecule has 4 aromatic rings. The van der Waals surface area contributed by atoms with Crippen LogP contribution in [0.25, 0.3) is 27.7 Å². The zero-order valence-corrected chi connectivity index (χ0v) is 26.2. The van der Waals surface area contributed by atoms with E-state index < -0.39 is 40.1 Å². The number of piperidine rings is 1. The lowest BCUT2D eigenvalue weighted by molar-refractivity contribution is -0.140. The summed E-state index contributed by atoms with van der Waals surface area (Å²) in [4.78, 5) is 22.2. The molecule has 7 rings (SSSR count). The van der Waals surface area contributed by atoms with Gasteiger partial charge < -0.3 is 14.2 Å². The Morgan fingerprint density at radius 1 is 1.15 bits per heavy atom. The quantitative estimate of drug-likeness (QED) is 0.205. The highest BCUT2D eigenvalue weighted by atomic mass is 32.2. The van der Waals surface area contributed by atoms with E-state index in [0.717, 1.165) is 49.8 Å². The summed E-state index contributed by atoms with van der Waals surface area (Å²) in [6.07, 6.45) is 3.23. The number of amides is 1. The number of nitrogens with zero attached hydrogens (tertiary/aromatic N) is 4. The summed E-state index contributed by atoms with van der Waals surface area (Å²) in [7, 11) is -3.92. The monoisotopic (exact) mass is 689 g/mol. The molecule has 0 radical (unpaired) electrons. The van der Waals surface area contributed by atoms with E-state index in [1.807, 2.05) is 0 Å². The van der Waals surface area contributed by atoms with Crippen LogP contribution in [0.15, 0.2) is 53.2 Å². The third-order valence-corrected chi connectivity index (χ3v) is 9.50. The number of allylic oxidation sites excluding steroid dienone is 2. The fourth-order valence-corrected chi connectivity index (χ4v) is 7.01. The lowest BCUT2D eigenvalue weighted by Crippen LogP contribution is -2.42. The number of sulfonamides is 1. The van der Waals surface area contributed by atoms with Crippen LogP contribution in [0.5, 0.6) is 5.75 Å². The number of hydrogen-bond acceptors (Lipinski definition) is 9. The largest absolute Gasteiger partial charge is 0.434 e. The third-order valence-electron chi connectivity index (χ3n) is 8.95. The van der Waals surface area contributed by atoms with E-state index in [1.54, 1.807) is 22.9 Å². The number of benzene rings is 1. The summed E-state index contributed by atoms with van der Waals surface area (Å²) in [6, 6.07) is 8.71. The molecule has 252 valence electrons. The minimum atomic E-state index is -4.66. The topological polar surface area (TPSA) is 128 Å². The number of fused-ring (bicyclic) bond motifs is 1. The Balaban J connectivity index is 1.13. The number of pyridine rings is 2. The van der Waals surface area contributed by atoms with Gasteiger partial charge in [-0.05, 0) is 73.4 Å². The third kappa shape index (κ3) is 6.20. The first kappa shape index (κ1) is 32.0. The van der Waals surface area contributed by atoms with Crippen LogP contribution in [0.2, 0.25) is 0 Å². The summed E-state index contributed by atoms with van der Waals surface area (Å²) in [6.45, 7) is -1.99. The maximum Gasteiger partial charge on any atom is 0.434 e. The normalized spacial score (nSPS) is 17.8. The van der Waals surface area contributed by atoms with Crippen molar-refractivity contribution in [2.75, 3.05) is 24.2 Å². The molecule has 1 N–H and O–H groups in total. The van der Waals surface area contributed by atoms with Crippen LogP contribution in [0.1, 0.15) is 65.5 Å². The standard InChI is InChI=1S/C32H28F5N5O5S/c1-48(44,45)41-29(43)23-14-24(46-30(33)34)21-13-19(6-7-22(21)39-23)42-11-8-31(9-12-42)15-18(16-31)25-26(40-47-27(25)17-4-5-17)20-3-2-10-38-28(20)32(35,36)37/h2-3,6-7,10,13-15,17,30H,4-5,8-9,11-12,16H2,1H3,(H,41,43). The summed E-state index contributed by atoms with van der Waals surface area (Å²) < 4.78 is 103. The van der Waals surface area contributed by atoms with Crippen molar-refractivity contribution in [1.82, 2.24) is 19.8 Å². The molecule has 1 aromatic carbocycles. The van der Waals surface area contributed by atoms with Crippen molar-refractivity contribution in [1.29, 1.82) is 0 Å².